The van der Waals surface area contributed by atoms with Crippen LogP contribution in [0.1, 0.15) is 28.8 Å². The van der Waals surface area contributed by atoms with Gasteiger partial charge in [-0.25, -0.2) is 0 Å². The number of piperazine rings is 1. The van der Waals surface area contributed by atoms with E-state index in [0.717, 1.165) is 11.3 Å². The van der Waals surface area contributed by atoms with E-state index < -0.39 is 0 Å². The number of rotatable bonds is 8. The first kappa shape index (κ1) is 22.5. The van der Waals surface area contributed by atoms with E-state index in [2.05, 4.69) is 0 Å². The number of benzene rings is 2. The highest BCUT2D eigenvalue weighted by atomic mass is 16.5. The van der Waals surface area contributed by atoms with Crippen molar-refractivity contribution < 1.29 is 23.8 Å². The van der Waals surface area contributed by atoms with Crippen molar-refractivity contribution in [1.82, 2.24) is 9.80 Å². The molecule has 166 valence electrons. The predicted molar refractivity (Wildman–Crippen MR) is 118 cm³/mol. The van der Waals surface area contributed by atoms with Crippen molar-refractivity contribution >= 4 is 11.8 Å². The van der Waals surface area contributed by atoms with Gasteiger partial charge in [0.05, 0.1) is 20.8 Å². The van der Waals surface area contributed by atoms with Gasteiger partial charge in [-0.1, -0.05) is 18.2 Å². The number of ether oxygens (including phenoxy) is 3. The Balaban J connectivity index is 1.45. The molecule has 7 nitrogen and oxygen atoms in total. The summed E-state index contributed by atoms with van der Waals surface area (Å²) in [6.45, 7) is 4.58. The number of hydrogen-bond acceptors (Lipinski definition) is 5. The number of nitrogens with zero attached hydrogens (tertiary/aromatic N) is 2. The maximum atomic E-state index is 12.9. The Labute approximate surface area is 183 Å². The summed E-state index contributed by atoms with van der Waals surface area (Å²) in [5.41, 5.74) is 1.60. The second-order valence-electron chi connectivity index (χ2n) is 7.49. The van der Waals surface area contributed by atoms with Crippen molar-refractivity contribution in [2.24, 2.45) is 0 Å². The van der Waals surface area contributed by atoms with E-state index >= 15 is 0 Å². The predicted octanol–water partition coefficient (Wildman–Crippen LogP) is 3.16. The molecule has 2 amide bonds. The van der Waals surface area contributed by atoms with Gasteiger partial charge in [-0.15, -0.1) is 0 Å². The van der Waals surface area contributed by atoms with E-state index in [1.54, 1.807) is 37.3 Å². The third kappa shape index (κ3) is 5.90. The van der Waals surface area contributed by atoms with Crippen LogP contribution in [0.15, 0.2) is 42.5 Å². The molecule has 3 rings (SSSR count). The van der Waals surface area contributed by atoms with Gasteiger partial charge >= 0.3 is 0 Å². The molecule has 1 aliphatic rings. The largest absolute Gasteiger partial charge is 0.497 e. The fraction of sp³-hybridized carbons (Fsp3) is 0.417. The Morgan fingerprint density at radius 2 is 1.52 bits per heavy atom. The highest BCUT2D eigenvalue weighted by Crippen LogP contribution is 2.24. The molecule has 0 aromatic heterocycles. The second-order valence-corrected chi connectivity index (χ2v) is 7.49. The van der Waals surface area contributed by atoms with Crippen molar-refractivity contribution in [2.75, 3.05) is 47.0 Å². The van der Waals surface area contributed by atoms with Crippen LogP contribution >= 0.6 is 0 Å². The average molecular weight is 427 g/mol. The third-order valence-corrected chi connectivity index (χ3v) is 5.40. The molecule has 0 saturated carbocycles. The molecule has 31 heavy (non-hydrogen) atoms. The molecule has 1 aliphatic heterocycles. The molecule has 0 spiro atoms. The Kier molecular flexibility index (Phi) is 7.76. The van der Waals surface area contributed by atoms with Crippen LogP contribution in [0.25, 0.3) is 0 Å². The highest BCUT2D eigenvalue weighted by molar-refractivity contribution is 5.95. The Bertz CT molecular complexity index is 884. The normalized spacial score (nSPS) is 13.6. The minimum Gasteiger partial charge on any atom is -0.497 e. The number of para-hydroxylation sites is 1. The van der Waals surface area contributed by atoms with Gasteiger partial charge in [0, 0.05) is 44.2 Å². The number of carbonyl (C=O) groups excluding carboxylic acids is 2. The number of methoxy groups -OCH3 is 2. The lowest BCUT2D eigenvalue weighted by atomic mass is 10.1. The molecular formula is C24H30N2O5. The number of aryl methyl sites for hydroxylation is 1. The van der Waals surface area contributed by atoms with Crippen LogP contribution in [0.3, 0.4) is 0 Å². The van der Waals surface area contributed by atoms with Crippen molar-refractivity contribution in [3.8, 4) is 17.2 Å². The Morgan fingerprint density at radius 1 is 0.903 bits per heavy atom. The van der Waals surface area contributed by atoms with Gasteiger partial charge in [-0.2, -0.15) is 0 Å². The van der Waals surface area contributed by atoms with Gasteiger partial charge in [-0.3, -0.25) is 9.59 Å². The van der Waals surface area contributed by atoms with Crippen molar-refractivity contribution in [3.05, 3.63) is 53.6 Å². The van der Waals surface area contributed by atoms with Crippen LogP contribution in [0.5, 0.6) is 17.2 Å². The SMILES string of the molecule is COc1cc(OC)cc(C(=O)N2CCN(C(=O)CCCOc3ccccc3C)CC2)c1. The zero-order valence-corrected chi connectivity index (χ0v) is 18.4. The lowest BCUT2D eigenvalue weighted by molar-refractivity contribution is -0.132. The first-order valence-electron chi connectivity index (χ1n) is 10.5. The third-order valence-electron chi connectivity index (χ3n) is 5.40. The van der Waals surface area contributed by atoms with E-state index in [0.29, 0.717) is 62.7 Å². The Hall–Kier alpha value is -3.22. The summed E-state index contributed by atoms with van der Waals surface area (Å²) in [6.07, 6.45) is 1.10. The number of hydrogen-bond donors (Lipinski definition) is 0. The van der Waals surface area contributed by atoms with Gasteiger partial charge in [0.2, 0.25) is 5.91 Å². The van der Waals surface area contributed by atoms with Gasteiger partial charge < -0.3 is 24.0 Å². The van der Waals surface area contributed by atoms with E-state index in [4.69, 9.17) is 14.2 Å². The Morgan fingerprint density at radius 3 is 2.13 bits per heavy atom. The monoisotopic (exact) mass is 426 g/mol. The lowest BCUT2D eigenvalue weighted by Gasteiger charge is -2.35. The van der Waals surface area contributed by atoms with Gasteiger partial charge in [-0.05, 0) is 37.1 Å². The summed E-state index contributed by atoms with van der Waals surface area (Å²) in [5, 5.41) is 0. The standard InChI is InChI=1S/C24H30N2O5/c1-18-7-4-5-8-22(18)31-14-6-9-23(27)25-10-12-26(13-11-25)24(28)19-15-20(29-2)17-21(16-19)30-3/h4-5,7-8,15-17H,6,9-14H2,1-3H3. The molecule has 2 aromatic rings. The smallest absolute Gasteiger partial charge is 0.254 e. The molecule has 7 heteroatoms. The molecule has 0 unspecified atom stereocenters. The maximum Gasteiger partial charge on any atom is 0.254 e. The van der Waals surface area contributed by atoms with Crippen molar-refractivity contribution in [1.29, 1.82) is 0 Å². The van der Waals surface area contributed by atoms with Crippen LogP contribution in [-0.2, 0) is 4.79 Å². The molecule has 1 saturated heterocycles. The average Bonchev–Trinajstić information content (AvgIpc) is 2.82. The minimum absolute atomic E-state index is 0.0871. The fourth-order valence-electron chi connectivity index (χ4n) is 3.55. The summed E-state index contributed by atoms with van der Waals surface area (Å²) in [7, 11) is 3.11. The zero-order valence-electron chi connectivity index (χ0n) is 18.4. The van der Waals surface area contributed by atoms with Crippen LogP contribution in [0, 0.1) is 6.92 Å². The van der Waals surface area contributed by atoms with E-state index in [1.807, 2.05) is 36.1 Å². The second kappa shape index (κ2) is 10.7. The molecule has 0 aliphatic carbocycles. The highest BCUT2D eigenvalue weighted by Gasteiger charge is 2.25. The zero-order chi connectivity index (χ0) is 22.2. The maximum absolute atomic E-state index is 12.9. The quantitative estimate of drug-likeness (QED) is 0.607. The lowest BCUT2D eigenvalue weighted by Crippen LogP contribution is -2.50. The molecular weight excluding hydrogens is 396 g/mol. The minimum atomic E-state index is -0.0871. The molecule has 2 aromatic carbocycles. The molecule has 1 fully saturated rings. The molecule has 0 atom stereocenters. The number of carbonyl (C=O) groups is 2. The first-order valence-corrected chi connectivity index (χ1v) is 10.5. The summed E-state index contributed by atoms with van der Waals surface area (Å²) < 4.78 is 16.3. The fourth-order valence-corrected chi connectivity index (χ4v) is 3.55. The van der Waals surface area contributed by atoms with Gasteiger partial charge in [0.15, 0.2) is 0 Å². The van der Waals surface area contributed by atoms with Gasteiger partial charge in [0.1, 0.15) is 17.2 Å². The van der Waals surface area contributed by atoms with Gasteiger partial charge in [0.25, 0.3) is 5.91 Å². The van der Waals surface area contributed by atoms with Crippen LogP contribution < -0.4 is 14.2 Å². The molecule has 0 N–H and O–H groups in total. The summed E-state index contributed by atoms with van der Waals surface area (Å²) >= 11 is 0. The summed E-state index contributed by atoms with van der Waals surface area (Å²) in [6, 6.07) is 13.0. The molecule has 1 heterocycles. The van der Waals surface area contributed by atoms with Crippen LogP contribution in [0.2, 0.25) is 0 Å². The topological polar surface area (TPSA) is 68.3 Å². The first-order chi connectivity index (χ1) is 15.0. The summed E-state index contributed by atoms with van der Waals surface area (Å²) in [5.74, 6) is 2.02. The van der Waals surface area contributed by atoms with E-state index in [1.165, 1.54) is 0 Å². The summed E-state index contributed by atoms with van der Waals surface area (Å²) in [4.78, 5) is 29.0. The van der Waals surface area contributed by atoms with Crippen LogP contribution in [0.4, 0.5) is 0 Å². The van der Waals surface area contributed by atoms with Crippen molar-refractivity contribution in [3.63, 3.8) is 0 Å². The van der Waals surface area contributed by atoms with Crippen LogP contribution in [-0.4, -0.2) is 68.6 Å². The molecule has 0 radical (unpaired) electrons. The number of amides is 2. The van der Waals surface area contributed by atoms with Crippen molar-refractivity contribution in [2.45, 2.75) is 19.8 Å². The van der Waals surface area contributed by atoms with E-state index in [9.17, 15) is 9.59 Å². The molecule has 0 bridgehead atoms. The van der Waals surface area contributed by atoms with E-state index in [-0.39, 0.29) is 11.8 Å².